The average Bonchev–Trinajstić information content (AvgIpc) is 2.36. The number of carbonyl (C=O) groups is 1. The van der Waals surface area contributed by atoms with Gasteiger partial charge in [-0.05, 0) is 24.3 Å². The lowest BCUT2D eigenvalue weighted by molar-refractivity contribution is 0.102. The van der Waals surface area contributed by atoms with Crippen LogP contribution in [0.2, 0.25) is 10.0 Å². The molecule has 0 aromatic heterocycles. The van der Waals surface area contributed by atoms with E-state index in [4.69, 9.17) is 23.2 Å². The van der Waals surface area contributed by atoms with Crippen molar-refractivity contribution >= 4 is 34.8 Å². The van der Waals surface area contributed by atoms with Crippen LogP contribution in [0.3, 0.4) is 0 Å². The lowest BCUT2D eigenvalue weighted by Gasteiger charge is -2.08. The molecule has 3 nitrogen and oxygen atoms in total. The SMILES string of the molecule is O=C(Nc1cc(Cl)c(F)c(Cl)c1)c1ccccc1O. The number of nitrogens with one attached hydrogen (secondary N) is 1. The molecule has 2 aromatic rings. The Bertz CT molecular complexity index is 623. The predicted octanol–water partition coefficient (Wildman–Crippen LogP) is 4.09. The van der Waals surface area contributed by atoms with E-state index in [0.717, 1.165) is 0 Å². The van der Waals surface area contributed by atoms with E-state index >= 15 is 0 Å². The van der Waals surface area contributed by atoms with Gasteiger partial charge in [0.2, 0.25) is 0 Å². The molecule has 0 saturated heterocycles. The molecule has 98 valence electrons. The van der Waals surface area contributed by atoms with Crippen LogP contribution in [-0.4, -0.2) is 11.0 Å². The standard InChI is InChI=1S/C13H8Cl2FNO2/c14-9-5-7(6-10(15)12(9)16)17-13(19)8-3-1-2-4-11(8)18/h1-6,18H,(H,17,19). The van der Waals surface area contributed by atoms with Gasteiger partial charge >= 0.3 is 0 Å². The van der Waals surface area contributed by atoms with E-state index in [0.29, 0.717) is 0 Å². The summed E-state index contributed by atoms with van der Waals surface area (Å²) >= 11 is 11.2. The number of phenolic OH excluding ortho intramolecular Hbond substituents is 1. The van der Waals surface area contributed by atoms with Crippen LogP contribution in [0.5, 0.6) is 5.75 Å². The quantitative estimate of drug-likeness (QED) is 0.821. The van der Waals surface area contributed by atoms with Crippen LogP contribution in [0.1, 0.15) is 10.4 Å². The van der Waals surface area contributed by atoms with E-state index < -0.39 is 11.7 Å². The molecule has 6 heteroatoms. The van der Waals surface area contributed by atoms with E-state index in [9.17, 15) is 14.3 Å². The van der Waals surface area contributed by atoms with E-state index in [1.54, 1.807) is 12.1 Å². The molecule has 0 saturated carbocycles. The number of benzene rings is 2. The topological polar surface area (TPSA) is 49.3 Å². The predicted molar refractivity (Wildman–Crippen MR) is 72.5 cm³/mol. The Balaban J connectivity index is 2.27. The van der Waals surface area contributed by atoms with Gasteiger partial charge in [-0.1, -0.05) is 35.3 Å². The van der Waals surface area contributed by atoms with Crippen LogP contribution in [0.25, 0.3) is 0 Å². The molecule has 1 amide bonds. The van der Waals surface area contributed by atoms with Gasteiger partial charge in [-0.25, -0.2) is 4.39 Å². The van der Waals surface area contributed by atoms with Crippen LogP contribution >= 0.6 is 23.2 Å². The maximum absolute atomic E-state index is 13.2. The largest absolute Gasteiger partial charge is 0.507 e. The highest BCUT2D eigenvalue weighted by Crippen LogP contribution is 2.28. The highest BCUT2D eigenvalue weighted by atomic mass is 35.5. The summed E-state index contributed by atoms with van der Waals surface area (Å²) in [4.78, 5) is 11.9. The van der Waals surface area contributed by atoms with E-state index in [1.165, 1.54) is 24.3 Å². The van der Waals surface area contributed by atoms with Crippen LogP contribution in [0.4, 0.5) is 10.1 Å². The number of anilines is 1. The average molecular weight is 300 g/mol. The summed E-state index contributed by atoms with van der Waals surface area (Å²) in [5, 5.41) is 11.6. The molecule has 19 heavy (non-hydrogen) atoms. The van der Waals surface area contributed by atoms with Crippen molar-refractivity contribution in [3.8, 4) is 5.75 Å². The molecule has 0 aliphatic heterocycles. The first-order chi connectivity index (χ1) is 8.99. The van der Waals surface area contributed by atoms with Gasteiger partial charge in [-0.3, -0.25) is 4.79 Å². The van der Waals surface area contributed by atoms with Crippen molar-refractivity contribution in [3.63, 3.8) is 0 Å². The maximum atomic E-state index is 13.2. The van der Waals surface area contributed by atoms with Gasteiger partial charge < -0.3 is 10.4 Å². The molecule has 0 fully saturated rings. The van der Waals surface area contributed by atoms with Crippen LogP contribution in [0, 0.1) is 5.82 Å². The molecular weight excluding hydrogens is 292 g/mol. The Kier molecular flexibility index (Phi) is 3.93. The molecule has 0 aliphatic carbocycles. The molecule has 0 aliphatic rings. The van der Waals surface area contributed by atoms with Crippen molar-refractivity contribution in [2.45, 2.75) is 0 Å². The van der Waals surface area contributed by atoms with E-state index in [2.05, 4.69) is 5.32 Å². The Hall–Kier alpha value is -1.78. The van der Waals surface area contributed by atoms with Crippen LogP contribution < -0.4 is 5.32 Å². The van der Waals surface area contributed by atoms with E-state index in [-0.39, 0.29) is 27.0 Å². The summed E-state index contributed by atoms with van der Waals surface area (Å²) in [7, 11) is 0. The highest BCUT2D eigenvalue weighted by Gasteiger charge is 2.13. The molecular formula is C13H8Cl2FNO2. The highest BCUT2D eigenvalue weighted by molar-refractivity contribution is 6.35. The first-order valence-corrected chi connectivity index (χ1v) is 5.98. The van der Waals surface area contributed by atoms with Crippen LogP contribution in [-0.2, 0) is 0 Å². The normalized spacial score (nSPS) is 10.3. The summed E-state index contributed by atoms with van der Waals surface area (Å²) in [6, 6.07) is 8.52. The zero-order valence-corrected chi connectivity index (χ0v) is 11.0. The van der Waals surface area contributed by atoms with E-state index in [1.807, 2.05) is 0 Å². The molecule has 0 unspecified atom stereocenters. The minimum atomic E-state index is -0.746. The van der Waals surface area contributed by atoms with Gasteiger partial charge in [0, 0.05) is 5.69 Å². The Labute approximate surface area is 118 Å². The number of amides is 1. The molecule has 2 aromatic carbocycles. The van der Waals surface area contributed by atoms with Gasteiger partial charge in [0.05, 0.1) is 15.6 Å². The lowest BCUT2D eigenvalue weighted by atomic mass is 10.2. The van der Waals surface area contributed by atoms with Gasteiger partial charge in [-0.15, -0.1) is 0 Å². The maximum Gasteiger partial charge on any atom is 0.259 e. The number of phenols is 1. The lowest BCUT2D eigenvalue weighted by Crippen LogP contribution is -2.12. The fraction of sp³-hybridized carbons (Fsp3) is 0. The second kappa shape index (κ2) is 5.47. The number of rotatable bonds is 2. The fourth-order valence-corrected chi connectivity index (χ4v) is 1.98. The third-order valence-corrected chi connectivity index (χ3v) is 2.94. The third kappa shape index (κ3) is 2.97. The first kappa shape index (κ1) is 13.6. The first-order valence-electron chi connectivity index (χ1n) is 5.23. The summed E-state index contributed by atoms with van der Waals surface area (Å²) in [6.07, 6.45) is 0. The molecule has 0 spiro atoms. The Morgan fingerprint density at radius 3 is 2.32 bits per heavy atom. The van der Waals surface area contributed by atoms with Crippen molar-refractivity contribution in [2.75, 3.05) is 5.32 Å². The second-order valence-corrected chi connectivity index (χ2v) is 4.54. The zero-order chi connectivity index (χ0) is 14.0. The summed E-state index contributed by atoms with van der Waals surface area (Å²) in [6.45, 7) is 0. The third-order valence-electron chi connectivity index (χ3n) is 2.39. The number of para-hydroxylation sites is 1. The van der Waals surface area contributed by atoms with Crippen LogP contribution in [0.15, 0.2) is 36.4 Å². The minimum absolute atomic E-state index is 0.0964. The Morgan fingerprint density at radius 1 is 1.16 bits per heavy atom. The number of hydrogen-bond acceptors (Lipinski definition) is 2. The summed E-state index contributed by atoms with van der Waals surface area (Å²) in [5.74, 6) is -1.44. The molecule has 2 rings (SSSR count). The van der Waals surface area contributed by atoms with Crippen molar-refractivity contribution in [1.82, 2.24) is 0 Å². The summed E-state index contributed by atoms with van der Waals surface area (Å²) in [5.41, 5.74) is 0.337. The summed E-state index contributed by atoms with van der Waals surface area (Å²) < 4.78 is 13.2. The molecule has 2 N–H and O–H groups in total. The minimum Gasteiger partial charge on any atom is -0.507 e. The van der Waals surface area contributed by atoms with Crippen molar-refractivity contribution < 1.29 is 14.3 Å². The monoisotopic (exact) mass is 299 g/mol. The second-order valence-electron chi connectivity index (χ2n) is 3.73. The van der Waals surface area contributed by atoms with Gasteiger partial charge in [0.1, 0.15) is 5.75 Å². The number of carbonyl (C=O) groups excluding carboxylic acids is 1. The molecule has 0 bridgehead atoms. The number of aromatic hydroxyl groups is 1. The molecule has 0 heterocycles. The molecule has 0 radical (unpaired) electrons. The zero-order valence-electron chi connectivity index (χ0n) is 9.45. The Morgan fingerprint density at radius 2 is 1.74 bits per heavy atom. The fourth-order valence-electron chi connectivity index (χ4n) is 1.49. The van der Waals surface area contributed by atoms with Gasteiger partial charge in [0.25, 0.3) is 5.91 Å². The van der Waals surface area contributed by atoms with Gasteiger partial charge in [-0.2, -0.15) is 0 Å². The number of hydrogen-bond donors (Lipinski definition) is 2. The number of halogens is 3. The smallest absolute Gasteiger partial charge is 0.259 e. The van der Waals surface area contributed by atoms with Crippen molar-refractivity contribution in [3.05, 3.63) is 57.8 Å². The van der Waals surface area contributed by atoms with Crippen molar-refractivity contribution in [1.29, 1.82) is 0 Å². The molecule has 0 atom stereocenters. The van der Waals surface area contributed by atoms with Crippen molar-refractivity contribution in [2.24, 2.45) is 0 Å². The van der Waals surface area contributed by atoms with Gasteiger partial charge in [0.15, 0.2) is 5.82 Å².